The van der Waals surface area contributed by atoms with Crippen molar-refractivity contribution < 1.29 is 19.1 Å². The minimum atomic E-state index is -0.606. The fourth-order valence-corrected chi connectivity index (χ4v) is 4.55. The van der Waals surface area contributed by atoms with E-state index in [4.69, 9.17) is 9.47 Å². The van der Waals surface area contributed by atoms with Gasteiger partial charge in [0, 0.05) is 11.3 Å². The molecule has 2 aromatic rings. The molecule has 3 rings (SSSR count). The van der Waals surface area contributed by atoms with Gasteiger partial charge in [0.25, 0.3) is 5.91 Å². The van der Waals surface area contributed by atoms with E-state index in [2.05, 4.69) is 16.7 Å². The molecule has 0 saturated heterocycles. The van der Waals surface area contributed by atoms with Crippen LogP contribution in [0.2, 0.25) is 0 Å². The van der Waals surface area contributed by atoms with E-state index in [0.29, 0.717) is 33.3 Å². The van der Waals surface area contributed by atoms with Gasteiger partial charge in [0.05, 0.1) is 47.2 Å². The second kappa shape index (κ2) is 11.4. The molecule has 1 heterocycles. The minimum Gasteiger partial charge on any atom is -0.495 e. The van der Waals surface area contributed by atoms with Gasteiger partial charge >= 0.3 is 5.97 Å². The van der Waals surface area contributed by atoms with Crippen molar-refractivity contribution in [3.63, 3.8) is 0 Å². The summed E-state index contributed by atoms with van der Waals surface area (Å²) in [5, 5.41) is 16.7. The van der Waals surface area contributed by atoms with Crippen LogP contribution in [0.4, 0.5) is 5.69 Å². The van der Waals surface area contributed by atoms with Gasteiger partial charge in [0.15, 0.2) is 0 Å². The normalized spacial score (nSPS) is 15.5. The topological polar surface area (TPSA) is 100 Å². The predicted octanol–water partition coefficient (Wildman–Crippen LogP) is 4.71. The summed E-state index contributed by atoms with van der Waals surface area (Å²) in [7, 11) is 1.54. The molecule has 0 bridgehead atoms. The lowest BCUT2D eigenvalue weighted by atomic mass is 9.82. The van der Waals surface area contributed by atoms with Crippen molar-refractivity contribution in [3.05, 3.63) is 82.0 Å². The van der Waals surface area contributed by atoms with E-state index >= 15 is 0 Å². The number of hydrogen-bond acceptors (Lipinski definition) is 7. The third-order valence-electron chi connectivity index (χ3n) is 5.08. The number of hydrogen-bond donors (Lipinski definition) is 2. The number of thioether (sulfide) groups is 1. The largest absolute Gasteiger partial charge is 0.495 e. The lowest BCUT2D eigenvalue weighted by Gasteiger charge is -2.30. The van der Waals surface area contributed by atoms with Gasteiger partial charge in [-0.25, -0.2) is 0 Å². The molecule has 0 aromatic heterocycles. The summed E-state index contributed by atoms with van der Waals surface area (Å²) in [6.45, 7) is 5.35. The number of methoxy groups -OCH3 is 1. The molecule has 0 radical (unpaired) electrons. The van der Waals surface area contributed by atoms with Gasteiger partial charge in [-0.3, -0.25) is 9.59 Å². The van der Waals surface area contributed by atoms with Crippen molar-refractivity contribution >= 4 is 29.3 Å². The van der Waals surface area contributed by atoms with E-state index in [1.54, 1.807) is 39.0 Å². The molecule has 2 aromatic carbocycles. The van der Waals surface area contributed by atoms with Crippen LogP contribution in [0.3, 0.4) is 0 Å². The van der Waals surface area contributed by atoms with Crippen molar-refractivity contribution in [1.29, 1.82) is 5.26 Å². The number of nitrogens with one attached hydrogen (secondary N) is 2. The van der Waals surface area contributed by atoms with Gasteiger partial charge < -0.3 is 20.1 Å². The zero-order chi connectivity index (χ0) is 24.7. The number of ether oxygens (including phenoxy) is 2. The molecule has 176 valence electrons. The fourth-order valence-electron chi connectivity index (χ4n) is 3.67. The summed E-state index contributed by atoms with van der Waals surface area (Å²) in [4.78, 5) is 25.6. The van der Waals surface area contributed by atoms with Gasteiger partial charge in [-0.2, -0.15) is 5.26 Å². The van der Waals surface area contributed by atoms with Crippen molar-refractivity contribution in [1.82, 2.24) is 5.32 Å². The number of nitriles is 1. The molecule has 0 unspecified atom stereocenters. The third-order valence-corrected chi connectivity index (χ3v) is 6.07. The number of para-hydroxylation sites is 2. The molecule has 1 aliphatic heterocycles. The fraction of sp³-hybridized carbons (Fsp3) is 0.269. The molecule has 7 nitrogen and oxygen atoms in total. The van der Waals surface area contributed by atoms with Crippen molar-refractivity contribution in [3.8, 4) is 11.8 Å². The van der Waals surface area contributed by atoms with Crippen LogP contribution in [-0.2, 0) is 14.3 Å². The zero-order valence-corrected chi connectivity index (χ0v) is 20.4. The first-order valence-electron chi connectivity index (χ1n) is 10.8. The Bertz CT molecular complexity index is 1170. The monoisotopic (exact) mass is 477 g/mol. The SMILES string of the molecule is COc1ccccc1NC(=O)C1=C(C)NC(SCC(=O)OC(C)C)=C(C#N)[C@@H]1c1ccccc1. The highest BCUT2D eigenvalue weighted by Crippen LogP contribution is 2.41. The standard InChI is InChI=1S/C26H27N3O4S/c1-16(2)33-22(30)15-34-26-19(14-27)24(18-10-6-5-7-11-18)23(17(3)28-26)25(31)29-20-12-8-9-13-21(20)32-4/h5-13,16,24,28H,15H2,1-4H3,(H,29,31)/t24-/m0/s1. The van der Waals surface area contributed by atoms with Crippen molar-refractivity contribution in [2.45, 2.75) is 32.8 Å². The summed E-state index contributed by atoms with van der Waals surface area (Å²) in [6, 6.07) is 18.8. The highest BCUT2D eigenvalue weighted by atomic mass is 32.2. The average Bonchev–Trinajstić information content (AvgIpc) is 2.82. The van der Waals surface area contributed by atoms with Crippen LogP contribution in [0.1, 0.15) is 32.3 Å². The third kappa shape index (κ3) is 5.80. The molecular formula is C26H27N3O4S. The molecular weight excluding hydrogens is 450 g/mol. The van der Waals surface area contributed by atoms with Gasteiger partial charge in [-0.15, -0.1) is 0 Å². The highest BCUT2D eigenvalue weighted by molar-refractivity contribution is 8.03. The summed E-state index contributed by atoms with van der Waals surface area (Å²) in [5.41, 5.74) is 2.71. The van der Waals surface area contributed by atoms with Gasteiger partial charge in [0.1, 0.15) is 5.75 Å². The number of benzene rings is 2. The van der Waals surface area contributed by atoms with Gasteiger partial charge in [-0.05, 0) is 38.5 Å². The Balaban J connectivity index is 1.98. The molecule has 0 fully saturated rings. The quantitative estimate of drug-likeness (QED) is 0.531. The number of allylic oxidation sites excluding steroid dienone is 2. The molecule has 2 N–H and O–H groups in total. The number of esters is 1. The molecule has 34 heavy (non-hydrogen) atoms. The Kier molecular flexibility index (Phi) is 8.39. The van der Waals surface area contributed by atoms with Crippen LogP contribution < -0.4 is 15.4 Å². The summed E-state index contributed by atoms with van der Waals surface area (Å²) < 4.78 is 10.6. The molecule has 0 saturated carbocycles. The first-order valence-corrected chi connectivity index (χ1v) is 11.8. The van der Waals surface area contributed by atoms with E-state index in [1.165, 1.54) is 18.9 Å². The van der Waals surface area contributed by atoms with E-state index in [0.717, 1.165) is 5.56 Å². The number of amides is 1. The molecule has 0 spiro atoms. The van der Waals surface area contributed by atoms with Crippen LogP contribution in [0.5, 0.6) is 5.75 Å². The van der Waals surface area contributed by atoms with Crippen molar-refractivity contribution in [2.24, 2.45) is 0 Å². The minimum absolute atomic E-state index is 0.0449. The lowest BCUT2D eigenvalue weighted by Crippen LogP contribution is -2.31. The molecule has 1 amide bonds. The Hall–Kier alpha value is -3.70. The van der Waals surface area contributed by atoms with E-state index < -0.39 is 5.92 Å². The van der Waals surface area contributed by atoms with E-state index in [9.17, 15) is 14.9 Å². The number of carbonyl (C=O) groups excluding carboxylic acids is 2. The number of nitrogens with zero attached hydrogens (tertiary/aromatic N) is 1. The van der Waals surface area contributed by atoms with E-state index in [1.807, 2.05) is 36.4 Å². The Morgan fingerprint density at radius 1 is 1.15 bits per heavy atom. The zero-order valence-electron chi connectivity index (χ0n) is 19.5. The number of carbonyl (C=O) groups is 2. The Labute approximate surface area is 203 Å². The maximum absolute atomic E-state index is 13.5. The number of rotatable bonds is 8. The Morgan fingerprint density at radius 3 is 2.47 bits per heavy atom. The molecule has 0 aliphatic carbocycles. The lowest BCUT2D eigenvalue weighted by molar-refractivity contribution is -0.144. The van der Waals surface area contributed by atoms with Crippen molar-refractivity contribution in [2.75, 3.05) is 18.2 Å². The first kappa shape index (κ1) is 24.9. The van der Waals surface area contributed by atoms with Gasteiger partial charge in [-0.1, -0.05) is 54.2 Å². The number of anilines is 1. The van der Waals surface area contributed by atoms with Crippen LogP contribution in [-0.4, -0.2) is 30.8 Å². The molecule has 1 atom stereocenters. The summed E-state index contributed by atoms with van der Waals surface area (Å²) >= 11 is 1.19. The average molecular weight is 478 g/mol. The number of dihydropyridines is 1. The second-order valence-corrected chi connectivity index (χ2v) is 8.83. The second-order valence-electron chi connectivity index (χ2n) is 7.84. The van der Waals surface area contributed by atoms with Gasteiger partial charge in [0.2, 0.25) is 0 Å². The Morgan fingerprint density at radius 2 is 1.82 bits per heavy atom. The van der Waals surface area contributed by atoms with Crippen LogP contribution in [0, 0.1) is 11.3 Å². The smallest absolute Gasteiger partial charge is 0.316 e. The highest BCUT2D eigenvalue weighted by Gasteiger charge is 2.35. The molecule has 8 heteroatoms. The van der Waals surface area contributed by atoms with Crippen LogP contribution in [0.15, 0.2) is 76.5 Å². The van der Waals surface area contributed by atoms with Crippen LogP contribution >= 0.6 is 11.8 Å². The first-order chi connectivity index (χ1) is 16.3. The maximum atomic E-state index is 13.5. The predicted molar refractivity (Wildman–Crippen MR) is 133 cm³/mol. The molecule has 1 aliphatic rings. The maximum Gasteiger partial charge on any atom is 0.316 e. The van der Waals surface area contributed by atoms with Crippen LogP contribution in [0.25, 0.3) is 0 Å². The summed E-state index contributed by atoms with van der Waals surface area (Å²) in [5.74, 6) is -0.747. The summed E-state index contributed by atoms with van der Waals surface area (Å²) in [6.07, 6.45) is -0.221. The van der Waals surface area contributed by atoms with E-state index in [-0.39, 0.29) is 23.7 Å².